The number of alkyl carbamates (subject to hydrolysis) is 1. The summed E-state index contributed by atoms with van der Waals surface area (Å²) in [6.07, 6.45) is 4.01. The van der Waals surface area contributed by atoms with Crippen LogP contribution in [0.3, 0.4) is 0 Å². The van der Waals surface area contributed by atoms with Gasteiger partial charge in [-0.3, -0.25) is 0 Å². The molecule has 92 valence electrons. The Morgan fingerprint density at radius 3 is 2.38 bits per heavy atom. The molecule has 2 aliphatic rings. The third kappa shape index (κ3) is 2.67. The van der Waals surface area contributed by atoms with Crippen LogP contribution in [-0.2, 0) is 4.74 Å². The maximum atomic E-state index is 11.5. The first-order valence-corrected chi connectivity index (χ1v) is 6.07. The van der Waals surface area contributed by atoms with Gasteiger partial charge < -0.3 is 15.8 Å². The fourth-order valence-electron chi connectivity index (χ4n) is 2.23. The van der Waals surface area contributed by atoms with Gasteiger partial charge >= 0.3 is 6.09 Å². The fourth-order valence-corrected chi connectivity index (χ4v) is 2.23. The molecule has 2 fully saturated rings. The van der Waals surface area contributed by atoms with Gasteiger partial charge in [-0.2, -0.15) is 0 Å². The molecule has 0 aliphatic heterocycles. The molecule has 0 atom stereocenters. The number of amides is 1. The van der Waals surface area contributed by atoms with Crippen LogP contribution in [0.25, 0.3) is 0 Å². The second-order valence-corrected chi connectivity index (χ2v) is 6.24. The van der Waals surface area contributed by atoms with E-state index in [2.05, 4.69) is 5.32 Å². The molecule has 3 N–H and O–H groups in total. The molecule has 0 aromatic heterocycles. The van der Waals surface area contributed by atoms with Gasteiger partial charge in [0.05, 0.1) is 0 Å². The highest BCUT2D eigenvalue weighted by Gasteiger charge is 2.51. The number of carbonyl (C=O) groups excluding carboxylic acids is 1. The van der Waals surface area contributed by atoms with Gasteiger partial charge in [-0.1, -0.05) is 0 Å². The van der Waals surface area contributed by atoms with Crippen LogP contribution in [0.4, 0.5) is 4.79 Å². The lowest BCUT2D eigenvalue weighted by Crippen LogP contribution is -2.51. The molecule has 0 bridgehead atoms. The summed E-state index contributed by atoms with van der Waals surface area (Å²) in [5.41, 5.74) is 5.79. The monoisotopic (exact) mass is 226 g/mol. The Morgan fingerprint density at radius 1 is 1.38 bits per heavy atom. The number of rotatable bonds is 2. The number of ether oxygens (including phenoxy) is 1. The average molecular weight is 226 g/mol. The van der Waals surface area contributed by atoms with E-state index in [1.807, 2.05) is 20.8 Å². The van der Waals surface area contributed by atoms with Gasteiger partial charge in [-0.05, 0) is 52.4 Å². The highest BCUT2D eigenvalue weighted by atomic mass is 16.6. The second-order valence-electron chi connectivity index (χ2n) is 6.24. The third-order valence-electron chi connectivity index (χ3n) is 3.50. The maximum Gasteiger partial charge on any atom is 0.407 e. The summed E-state index contributed by atoms with van der Waals surface area (Å²) in [5, 5.41) is 2.89. The molecule has 2 rings (SSSR count). The van der Waals surface area contributed by atoms with Gasteiger partial charge in [0.25, 0.3) is 0 Å². The summed E-state index contributed by atoms with van der Waals surface area (Å²) in [6, 6.07) is 0.265. The summed E-state index contributed by atoms with van der Waals surface area (Å²) in [5.74, 6) is 0.604. The lowest BCUT2D eigenvalue weighted by atomic mass is 9.74. The lowest BCUT2D eigenvalue weighted by Gasteiger charge is -2.39. The van der Waals surface area contributed by atoms with Crippen LogP contribution in [-0.4, -0.2) is 23.3 Å². The van der Waals surface area contributed by atoms with Crippen molar-refractivity contribution in [3.63, 3.8) is 0 Å². The SMILES string of the molecule is CC(C)(C)OC(=O)NC1CC(C2(N)CC2)C1. The summed E-state index contributed by atoms with van der Waals surface area (Å²) in [7, 11) is 0. The van der Waals surface area contributed by atoms with E-state index in [-0.39, 0.29) is 17.7 Å². The molecular weight excluding hydrogens is 204 g/mol. The van der Waals surface area contributed by atoms with Crippen molar-refractivity contribution in [1.29, 1.82) is 0 Å². The van der Waals surface area contributed by atoms with Gasteiger partial charge in [0.15, 0.2) is 0 Å². The molecule has 4 heteroatoms. The zero-order chi connectivity index (χ0) is 12.0. The Bertz CT molecular complexity index is 286. The Morgan fingerprint density at radius 2 is 1.94 bits per heavy atom. The first-order chi connectivity index (χ1) is 7.28. The number of nitrogens with one attached hydrogen (secondary N) is 1. The molecule has 1 amide bonds. The number of hydrogen-bond donors (Lipinski definition) is 2. The average Bonchev–Trinajstić information content (AvgIpc) is 2.72. The Kier molecular flexibility index (Phi) is 2.65. The van der Waals surface area contributed by atoms with Crippen molar-refractivity contribution in [3.8, 4) is 0 Å². The van der Waals surface area contributed by atoms with Crippen LogP contribution >= 0.6 is 0 Å². The highest BCUT2D eigenvalue weighted by molar-refractivity contribution is 5.68. The van der Waals surface area contributed by atoms with Crippen molar-refractivity contribution in [3.05, 3.63) is 0 Å². The zero-order valence-corrected chi connectivity index (χ0v) is 10.4. The van der Waals surface area contributed by atoms with Crippen molar-refractivity contribution in [1.82, 2.24) is 5.32 Å². The van der Waals surface area contributed by atoms with E-state index in [9.17, 15) is 4.79 Å². The summed E-state index contributed by atoms with van der Waals surface area (Å²) >= 11 is 0. The van der Waals surface area contributed by atoms with Crippen LogP contribution < -0.4 is 11.1 Å². The first-order valence-electron chi connectivity index (χ1n) is 6.07. The van der Waals surface area contributed by atoms with E-state index in [4.69, 9.17) is 10.5 Å². The van der Waals surface area contributed by atoms with Crippen LogP contribution in [0.5, 0.6) is 0 Å². The molecule has 4 nitrogen and oxygen atoms in total. The minimum Gasteiger partial charge on any atom is -0.444 e. The second kappa shape index (κ2) is 3.62. The molecule has 0 radical (unpaired) electrons. The highest BCUT2D eigenvalue weighted by Crippen LogP contribution is 2.48. The van der Waals surface area contributed by atoms with Gasteiger partial charge in [-0.25, -0.2) is 4.79 Å². The number of hydrogen-bond acceptors (Lipinski definition) is 3. The van der Waals surface area contributed by atoms with Crippen LogP contribution in [0.15, 0.2) is 0 Å². The molecular formula is C12H22N2O2. The first kappa shape index (κ1) is 11.7. The van der Waals surface area contributed by atoms with Crippen molar-refractivity contribution >= 4 is 6.09 Å². The predicted molar refractivity (Wildman–Crippen MR) is 62.0 cm³/mol. The molecule has 0 heterocycles. The van der Waals surface area contributed by atoms with Crippen molar-refractivity contribution in [2.45, 2.75) is 63.6 Å². The minimum absolute atomic E-state index is 0.103. The lowest BCUT2D eigenvalue weighted by molar-refractivity contribution is 0.0436. The van der Waals surface area contributed by atoms with E-state index in [0.29, 0.717) is 5.92 Å². The van der Waals surface area contributed by atoms with Crippen molar-refractivity contribution in [2.75, 3.05) is 0 Å². The molecule has 0 spiro atoms. The van der Waals surface area contributed by atoms with E-state index >= 15 is 0 Å². The molecule has 2 aliphatic carbocycles. The van der Waals surface area contributed by atoms with Crippen LogP contribution in [0.1, 0.15) is 46.5 Å². The Labute approximate surface area is 96.9 Å². The number of nitrogens with two attached hydrogens (primary N) is 1. The van der Waals surface area contributed by atoms with E-state index in [1.54, 1.807) is 0 Å². The van der Waals surface area contributed by atoms with E-state index in [1.165, 1.54) is 0 Å². The van der Waals surface area contributed by atoms with Crippen LogP contribution in [0, 0.1) is 5.92 Å². The third-order valence-corrected chi connectivity index (χ3v) is 3.50. The van der Waals surface area contributed by atoms with Crippen molar-refractivity contribution < 1.29 is 9.53 Å². The largest absolute Gasteiger partial charge is 0.444 e. The van der Waals surface area contributed by atoms with Gasteiger partial charge in [0.1, 0.15) is 5.60 Å². The molecule has 0 saturated heterocycles. The topological polar surface area (TPSA) is 64.3 Å². The van der Waals surface area contributed by atoms with Gasteiger partial charge in [0, 0.05) is 11.6 Å². The summed E-state index contributed by atoms with van der Waals surface area (Å²) in [6.45, 7) is 5.61. The van der Waals surface area contributed by atoms with Gasteiger partial charge in [-0.15, -0.1) is 0 Å². The van der Waals surface area contributed by atoms with Crippen LogP contribution in [0.2, 0.25) is 0 Å². The molecule has 0 aromatic carbocycles. The van der Waals surface area contributed by atoms with Crippen molar-refractivity contribution in [2.24, 2.45) is 11.7 Å². The number of carbonyl (C=O) groups is 1. The summed E-state index contributed by atoms with van der Waals surface area (Å²) < 4.78 is 5.20. The molecule has 2 saturated carbocycles. The Balaban J connectivity index is 1.67. The normalized spacial score (nSPS) is 31.5. The fraction of sp³-hybridized carbons (Fsp3) is 0.917. The Hall–Kier alpha value is -0.770. The van der Waals surface area contributed by atoms with E-state index in [0.717, 1.165) is 25.7 Å². The quantitative estimate of drug-likeness (QED) is 0.754. The minimum atomic E-state index is -0.418. The summed E-state index contributed by atoms with van der Waals surface area (Å²) in [4.78, 5) is 11.5. The zero-order valence-electron chi connectivity index (χ0n) is 10.4. The molecule has 16 heavy (non-hydrogen) atoms. The van der Waals surface area contributed by atoms with Gasteiger partial charge in [0.2, 0.25) is 0 Å². The van der Waals surface area contributed by atoms with E-state index < -0.39 is 5.60 Å². The molecule has 0 unspecified atom stereocenters. The molecule has 0 aromatic rings. The predicted octanol–water partition coefficient (Wildman–Crippen LogP) is 1.78. The maximum absolute atomic E-state index is 11.5. The smallest absolute Gasteiger partial charge is 0.407 e. The standard InChI is InChI=1S/C12H22N2O2/c1-11(2,3)16-10(15)14-9-6-8(7-9)12(13)4-5-12/h8-9H,4-7,13H2,1-3H3,(H,14,15).